The highest BCUT2D eigenvalue weighted by Crippen LogP contribution is 2.48. The summed E-state index contributed by atoms with van der Waals surface area (Å²) in [5.74, 6) is -3.40. The van der Waals surface area contributed by atoms with Crippen LogP contribution in [0.25, 0.3) is 0 Å². The Balaban J connectivity index is 1.82. The monoisotopic (exact) mass is 600 g/mol. The number of amides is 2. The van der Waals surface area contributed by atoms with Gasteiger partial charge in [0.1, 0.15) is 11.7 Å². The number of carbonyl (C=O) groups is 3. The Morgan fingerprint density at radius 2 is 1.50 bits per heavy atom. The van der Waals surface area contributed by atoms with Crippen LogP contribution in [0.15, 0.2) is 66.7 Å². The van der Waals surface area contributed by atoms with Crippen molar-refractivity contribution in [3.63, 3.8) is 0 Å². The lowest BCUT2D eigenvalue weighted by Gasteiger charge is -2.44. The normalized spacial score (nSPS) is 21.5. The van der Waals surface area contributed by atoms with Crippen molar-refractivity contribution in [2.45, 2.75) is 65.9 Å². The predicted molar refractivity (Wildman–Crippen MR) is 172 cm³/mol. The Morgan fingerprint density at radius 1 is 0.909 bits per heavy atom. The number of anilines is 2. The Kier molecular flexibility index (Phi) is 10.5. The van der Waals surface area contributed by atoms with Gasteiger partial charge in [-0.25, -0.2) is 0 Å². The Hall–Kier alpha value is -4.17. The minimum Gasteiger partial charge on any atom is -0.490 e. The molecule has 0 aromatic heterocycles. The van der Waals surface area contributed by atoms with Crippen molar-refractivity contribution in [1.82, 2.24) is 0 Å². The van der Waals surface area contributed by atoms with Gasteiger partial charge < -0.3 is 25.2 Å². The van der Waals surface area contributed by atoms with E-state index in [1.54, 1.807) is 36.4 Å². The number of rotatable bonds is 11. The minimum atomic E-state index is -1.73. The molecule has 0 bridgehead atoms. The first-order valence-corrected chi connectivity index (χ1v) is 15.3. The van der Waals surface area contributed by atoms with Gasteiger partial charge in [-0.2, -0.15) is 0 Å². The molecule has 3 aromatic rings. The summed E-state index contributed by atoms with van der Waals surface area (Å²) in [6.07, 6.45) is 0.505. The molecule has 3 N–H and O–H groups in total. The summed E-state index contributed by atoms with van der Waals surface area (Å²) >= 11 is 0. The molecule has 1 aliphatic carbocycles. The van der Waals surface area contributed by atoms with Gasteiger partial charge in [0, 0.05) is 23.7 Å². The number of aliphatic hydroxyl groups is 1. The standard InChI is InChI=1S/C36H44N2O6/c1-7-43-30-20-25(16-17-29(30)44-19-18-22(2)3)31-32(34(40)37-26-14-10-8-12-23(26)4)28(39)21-36(6,42)33(31)35(41)38-27-15-11-9-13-24(27)5/h8-17,20,22,31-33,42H,7,18-19,21H2,1-6H3,(H,37,40)(H,38,41). The van der Waals surface area contributed by atoms with Crippen molar-refractivity contribution >= 4 is 29.0 Å². The molecule has 4 rings (SSSR count). The zero-order chi connectivity index (χ0) is 32.0. The lowest BCUT2D eigenvalue weighted by Crippen LogP contribution is -2.56. The summed E-state index contributed by atoms with van der Waals surface area (Å²) in [6, 6.07) is 19.9. The molecule has 8 nitrogen and oxygen atoms in total. The van der Waals surface area contributed by atoms with Crippen LogP contribution in [-0.2, 0) is 14.4 Å². The fourth-order valence-electron chi connectivity index (χ4n) is 5.86. The van der Waals surface area contributed by atoms with Crippen LogP contribution in [0.4, 0.5) is 11.4 Å². The van der Waals surface area contributed by atoms with E-state index < -0.39 is 41.0 Å². The number of aryl methyl sites for hydroxylation is 2. The fourth-order valence-corrected chi connectivity index (χ4v) is 5.86. The topological polar surface area (TPSA) is 114 Å². The Morgan fingerprint density at radius 3 is 2.07 bits per heavy atom. The van der Waals surface area contributed by atoms with Crippen LogP contribution in [0.1, 0.15) is 63.1 Å². The zero-order valence-corrected chi connectivity index (χ0v) is 26.5. The average Bonchev–Trinajstić information content (AvgIpc) is 2.95. The number of hydrogen-bond donors (Lipinski definition) is 3. The second-order valence-electron chi connectivity index (χ2n) is 12.3. The van der Waals surface area contributed by atoms with E-state index in [0.717, 1.165) is 17.5 Å². The van der Waals surface area contributed by atoms with Crippen molar-refractivity contribution in [2.24, 2.45) is 17.8 Å². The van der Waals surface area contributed by atoms with Gasteiger partial charge in [-0.3, -0.25) is 14.4 Å². The van der Waals surface area contributed by atoms with E-state index in [1.165, 1.54) is 6.92 Å². The first kappa shape index (κ1) is 32.7. The molecule has 0 heterocycles. The molecule has 4 atom stereocenters. The molecule has 0 saturated heterocycles. The van der Waals surface area contributed by atoms with Crippen molar-refractivity contribution in [3.8, 4) is 11.5 Å². The molecular weight excluding hydrogens is 556 g/mol. The third-order valence-electron chi connectivity index (χ3n) is 8.24. The van der Waals surface area contributed by atoms with Crippen LogP contribution in [0.3, 0.4) is 0 Å². The number of nitrogens with one attached hydrogen (secondary N) is 2. The van der Waals surface area contributed by atoms with Crippen molar-refractivity contribution in [1.29, 1.82) is 0 Å². The van der Waals surface area contributed by atoms with E-state index in [1.807, 2.05) is 51.1 Å². The van der Waals surface area contributed by atoms with Crippen molar-refractivity contribution < 1.29 is 29.0 Å². The third-order valence-corrected chi connectivity index (χ3v) is 8.24. The number of ether oxygens (including phenoxy) is 2. The summed E-state index contributed by atoms with van der Waals surface area (Å²) in [4.78, 5) is 41.9. The van der Waals surface area contributed by atoms with E-state index in [-0.39, 0.29) is 6.42 Å². The smallest absolute Gasteiger partial charge is 0.235 e. The predicted octanol–water partition coefficient (Wildman–Crippen LogP) is 6.44. The molecule has 1 aliphatic rings. The second kappa shape index (κ2) is 14.1. The summed E-state index contributed by atoms with van der Waals surface area (Å²) < 4.78 is 12.0. The third kappa shape index (κ3) is 7.48. The molecule has 234 valence electrons. The number of para-hydroxylation sites is 2. The first-order valence-electron chi connectivity index (χ1n) is 15.3. The highest BCUT2D eigenvalue weighted by atomic mass is 16.5. The van der Waals surface area contributed by atoms with Crippen molar-refractivity contribution in [3.05, 3.63) is 83.4 Å². The molecular formula is C36H44N2O6. The minimum absolute atomic E-state index is 0.351. The fraction of sp³-hybridized carbons (Fsp3) is 0.417. The molecule has 0 aliphatic heterocycles. The molecule has 0 radical (unpaired) electrons. The van der Waals surface area contributed by atoms with Crippen LogP contribution >= 0.6 is 0 Å². The van der Waals surface area contributed by atoms with Crippen LogP contribution < -0.4 is 20.1 Å². The van der Waals surface area contributed by atoms with E-state index in [0.29, 0.717) is 47.6 Å². The van der Waals surface area contributed by atoms with Crippen LogP contribution in [0, 0.1) is 31.6 Å². The van der Waals surface area contributed by atoms with Gasteiger partial charge in [-0.15, -0.1) is 0 Å². The largest absolute Gasteiger partial charge is 0.490 e. The Labute approximate surface area is 260 Å². The maximum Gasteiger partial charge on any atom is 0.235 e. The zero-order valence-electron chi connectivity index (χ0n) is 26.5. The first-order chi connectivity index (χ1) is 20.9. The lowest BCUT2D eigenvalue weighted by atomic mass is 9.61. The molecule has 8 heteroatoms. The number of hydrogen-bond acceptors (Lipinski definition) is 6. The molecule has 4 unspecified atom stereocenters. The van der Waals surface area contributed by atoms with Crippen LogP contribution in [-0.4, -0.2) is 41.5 Å². The van der Waals surface area contributed by atoms with Gasteiger partial charge in [-0.05, 0) is 81.0 Å². The maximum atomic E-state index is 14.1. The van der Waals surface area contributed by atoms with E-state index in [2.05, 4.69) is 24.5 Å². The highest BCUT2D eigenvalue weighted by Gasteiger charge is 2.56. The van der Waals surface area contributed by atoms with Gasteiger partial charge in [0.15, 0.2) is 11.5 Å². The average molecular weight is 601 g/mol. The van der Waals surface area contributed by atoms with E-state index >= 15 is 0 Å². The van der Waals surface area contributed by atoms with Gasteiger partial charge in [-0.1, -0.05) is 56.3 Å². The summed E-state index contributed by atoms with van der Waals surface area (Å²) in [5.41, 5.74) is 1.64. The van der Waals surface area contributed by atoms with Gasteiger partial charge in [0.2, 0.25) is 11.8 Å². The number of carbonyl (C=O) groups excluding carboxylic acids is 3. The quantitative estimate of drug-likeness (QED) is 0.218. The highest BCUT2D eigenvalue weighted by molar-refractivity contribution is 6.10. The summed E-state index contributed by atoms with van der Waals surface area (Å²) in [6.45, 7) is 12.2. The SMILES string of the molecule is CCOc1cc(C2C(C(=O)Nc3ccccc3C)C(=O)CC(C)(O)C2C(=O)Nc2ccccc2C)ccc1OCCC(C)C. The van der Waals surface area contributed by atoms with E-state index in [9.17, 15) is 19.5 Å². The molecule has 3 aromatic carbocycles. The van der Waals surface area contributed by atoms with Crippen LogP contribution in [0.5, 0.6) is 11.5 Å². The molecule has 44 heavy (non-hydrogen) atoms. The lowest BCUT2D eigenvalue weighted by molar-refractivity contribution is -0.150. The van der Waals surface area contributed by atoms with E-state index in [4.69, 9.17) is 9.47 Å². The maximum absolute atomic E-state index is 14.1. The van der Waals surface area contributed by atoms with Crippen molar-refractivity contribution in [2.75, 3.05) is 23.8 Å². The summed E-state index contributed by atoms with van der Waals surface area (Å²) in [5, 5.41) is 17.6. The van der Waals surface area contributed by atoms with Gasteiger partial charge in [0.25, 0.3) is 0 Å². The number of ketones is 1. The molecule has 1 saturated carbocycles. The molecule has 1 fully saturated rings. The number of benzene rings is 3. The van der Waals surface area contributed by atoms with Gasteiger partial charge in [0.05, 0.1) is 24.7 Å². The summed E-state index contributed by atoms with van der Waals surface area (Å²) in [7, 11) is 0. The molecule has 0 spiro atoms. The Bertz CT molecular complexity index is 1500. The second-order valence-corrected chi connectivity index (χ2v) is 12.3. The number of Topliss-reactive ketones (excluding diaryl/α,β-unsaturated/α-hetero) is 1. The van der Waals surface area contributed by atoms with Crippen LogP contribution in [0.2, 0.25) is 0 Å². The molecule has 2 amide bonds. The van der Waals surface area contributed by atoms with Gasteiger partial charge >= 0.3 is 0 Å².